The zero-order valence-corrected chi connectivity index (χ0v) is 30.0. The van der Waals surface area contributed by atoms with Gasteiger partial charge in [-0.2, -0.15) is 0 Å². The molecular weight excluding hydrogens is 689 g/mol. The van der Waals surface area contributed by atoms with Gasteiger partial charge >= 0.3 is 0 Å². The summed E-state index contributed by atoms with van der Waals surface area (Å²) in [5, 5.41) is 10.8. The highest BCUT2D eigenvalue weighted by atomic mass is 35.5. The lowest BCUT2D eigenvalue weighted by Crippen LogP contribution is -2.66. The van der Waals surface area contributed by atoms with Gasteiger partial charge in [0.2, 0.25) is 23.6 Å². The molecule has 3 aliphatic heterocycles. The third kappa shape index (κ3) is 6.41. The Balaban J connectivity index is 1.04. The minimum atomic E-state index is -0.107. The van der Waals surface area contributed by atoms with E-state index in [-0.39, 0.29) is 29.4 Å². The first-order valence-electron chi connectivity index (χ1n) is 17.4. The molecule has 1 spiro atoms. The Morgan fingerprint density at radius 1 is 0.882 bits per heavy atom. The molecule has 13 heteroatoms. The number of hydrogen-bond acceptors (Lipinski definition) is 9. The SMILES string of the molecule is COc1nc(-c2cccc(-c3cccc(-c4cc5c(c(OC)n4)C(NCC4CCC(=O)N4)CC5)c3Cl)c2Cl)cnc1CN1CC2(CCC(=O)N2)C1. The first-order valence-corrected chi connectivity index (χ1v) is 18.1. The predicted molar refractivity (Wildman–Crippen MR) is 195 cm³/mol. The van der Waals surface area contributed by atoms with Crippen LogP contribution >= 0.6 is 23.2 Å². The summed E-state index contributed by atoms with van der Waals surface area (Å²) in [6.07, 6.45) is 6.40. The van der Waals surface area contributed by atoms with Crippen LogP contribution in [-0.2, 0) is 22.6 Å². The Morgan fingerprint density at radius 3 is 2.22 bits per heavy atom. The second-order valence-electron chi connectivity index (χ2n) is 13.9. The van der Waals surface area contributed by atoms with Crippen LogP contribution in [-0.4, -0.2) is 77.1 Å². The maximum absolute atomic E-state index is 11.8. The number of nitrogens with zero attached hydrogens (tertiary/aromatic N) is 4. The molecule has 4 aromatic rings. The Bertz CT molecular complexity index is 2040. The summed E-state index contributed by atoms with van der Waals surface area (Å²) in [6, 6.07) is 14.0. The summed E-state index contributed by atoms with van der Waals surface area (Å²) in [5.41, 5.74) is 7.16. The average Bonchev–Trinajstić information content (AvgIpc) is 3.85. The van der Waals surface area contributed by atoms with Crippen LogP contribution in [0.15, 0.2) is 48.7 Å². The van der Waals surface area contributed by atoms with E-state index < -0.39 is 0 Å². The van der Waals surface area contributed by atoms with Crippen LogP contribution in [0, 0.1) is 0 Å². The first kappa shape index (κ1) is 33.8. The van der Waals surface area contributed by atoms with E-state index in [2.05, 4.69) is 26.9 Å². The van der Waals surface area contributed by atoms with Crippen molar-refractivity contribution >= 4 is 35.0 Å². The molecule has 8 rings (SSSR count). The van der Waals surface area contributed by atoms with Crippen molar-refractivity contribution in [3.05, 3.63) is 75.5 Å². The van der Waals surface area contributed by atoms with E-state index in [9.17, 15) is 9.59 Å². The summed E-state index contributed by atoms with van der Waals surface area (Å²) in [5.74, 6) is 1.25. The van der Waals surface area contributed by atoms with Gasteiger partial charge in [-0.25, -0.2) is 9.97 Å². The van der Waals surface area contributed by atoms with E-state index in [1.807, 2.05) is 36.4 Å². The van der Waals surface area contributed by atoms with E-state index in [1.165, 1.54) is 5.56 Å². The largest absolute Gasteiger partial charge is 0.481 e. The van der Waals surface area contributed by atoms with Gasteiger partial charge in [0.25, 0.3) is 0 Å². The molecule has 2 unspecified atom stereocenters. The number of hydrogen-bond donors (Lipinski definition) is 3. The van der Waals surface area contributed by atoms with Crippen LogP contribution in [0.3, 0.4) is 0 Å². The summed E-state index contributed by atoms with van der Waals surface area (Å²) < 4.78 is 11.5. The van der Waals surface area contributed by atoms with Crippen molar-refractivity contribution in [2.75, 3.05) is 33.9 Å². The second kappa shape index (κ2) is 13.7. The number of methoxy groups -OCH3 is 2. The zero-order valence-electron chi connectivity index (χ0n) is 28.5. The van der Waals surface area contributed by atoms with Crippen LogP contribution in [0.5, 0.6) is 11.8 Å². The third-order valence-corrected chi connectivity index (χ3v) is 11.4. The summed E-state index contributed by atoms with van der Waals surface area (Å²) in [6.45, 7) is 2.85. The van der Waals surface area contributed by atoms with E-state index in [0.717, 1.165) is 72.4 Å². The van der Waals surface area contributed by atoms with Crippen molar-refractivity contribution in [1.29, 1.82) is 0 Å². The number of benzene rings is 2. The lowest BCUT2D eigenvalue weighted by molar-refractivity contribution is -0.121. The van der Waals surface area contributed by atoms with Crippen molar-refractivity contribution in [1.82, 2.24) is 35.8 Å². The number of carbonyl (C=O) groups excluding carboxylic acids is 2. The minimum Gasteiger partial charge on any atom is -0.481 e. The Labute approximate surface area is 306 Å². The van der Waals surface area contributed by atoms with E-state index >= 15 is 0 Å². The molecule has 0 bridgehead atoms. The van der Waals surface area contributed by atoms with Gasteiger partial charge in [-0.3, -0.25) is 19.5 Å². The Kier molecular flexibility index (Phi) is 9.08. The molecule has 11 nitrogen and oxygen atoms in total. The highest BCUT2D eigenvalue weighted by Gasteiger charge is 2.47. The van der Waals surface area contributed by atoms with Crippen molar-refractivity contribution in [2.24, 2.45) is 0 Å². The normalized spacial score (nSPS) is 20.6. The summed E-state index contributed by atoms with van der Waals surface area (Å²) in [7, 11) is 3.23. The number of aryl methyl sites for hydroxylation is 1. The van der Waals surface area contributed by atoms with Gasteiger partial charge in [0.15, 0.2) is 0 Å². The van der Waals surface area contributed by atoms with Crippen molar-refractivity contribution < 1.29 is 19.1 Å². The Hall–Kier alpha value is -4.29. The number of pyridine rings is 1. The number of ether oxygens (including phenoxy) is 2. The molecule has 3 fully saturated rings. The van der Waals surface area contributed by atoms with Crippen LogP contribution in [0.1, 0.15) is 55.0 Å². The lowest BCUT2D eigenvalue weighted by atomic mass is 9.88. The van der Waals surface area contributed by atoms with E-state index in [4.69, 9.17) is 47.6 Å². The third-order valence-electron chi connectivity index (χ3n) is 10.6. The van der Waals surface area contributed by atoms with Crippen LogP contribution in [0.2, 0.25) is 10.0 Å². The van der Waals surface area contributed by atoms with Crippen LogP contribution in [0.4, 0.5) is 0 Å². The number of halogens is 2. The fraction of sp³-hybridized carbons (Fsp3) is 0.395. The summed E-state index contributed by atoms with van der Waals surface area (Å²) in [4.78, 5) is 40.1. The number of fused-ring (bicyclic) bond motifs is 1. The second-order valence-corrected chi connectivity index (χ2v) is 14.7. The van der Waals surface area contributed by atoms with E-state index in [1.54, 1.807) is 20.4 Å². The lowest BCUT2D eigenvalue weighted by Gasteiger charge is -2.47. The van der Waals surface area contributed by atoms with Gasteiger partial charge in [-0.15, -0.1) is 0 Å². The molecule has 0 radical (unpaired) electrons. The predicted octanol–water partition coefficient (Wildman–Crippen LogP) is 5.52. The molecule has 2 atom stereocenters. The van der Waals surface area contributed by atoms with Crippen molar-refractivity contribution in [3.8, 4) is 45.4 Å². The molecule has 2 aromatic carbocycles. The van der Waals surface area contributed by atoms with Gasteiger partial charge in [-0.05, 0) is 37.3 Å². The fourth-order valence-electron chi connectivity index (χ4n) is 8.04. The molecule has 1 aliphatic carbocycles. The Morgan fingerprint density at radius 2 is 1.57 bits per heavy atom. The number of aromatic nitrogens is 3. The number of amides is 2. The monoisotopic (exact) mass is 727 g/mol. The molecule has 0 saturated carbocycles. The van der Waals surface area contributed by atoms with Crippen molar-refractivity contribution in [3.63, 3.8) is 0 Å². The quantitative estimate of drug-likeness (QED) is 0.193. The molecular formula is C38H39Cl2N7O4. The number of likely N-dealkylation sites (tertiary alicyclic amines) is 1. The van der Waals surface area contributed by atoms with Crippen molar-refractivity contribution in [2.45, 2.75) is 62.7 Å². The standard InChI is InChI=1S/C38H39Cl2N7O4/c1-50-36-30(18-47-19-38(20-47)14-13-32(49)46-38)42-17-29(45-36)26-8-4-6-24(35(26)40)23-5-3-7-25(34(23)39)28-15-21-9-11-27(33(21)37(44-28)51-2)41-16-22-10-12-31(48)43-22/h3-8,15,17,22,27,41H,9-14,16,18-20H2,1-2H3,(H,43,48)(H,46,49). The number of rotatable bonds is 10. The topological polar surface area (TPSA) is 131 Å². The summed E-state index contributed by atoms with van der Waals surface area (Å²) >= 11 is 14.3. The molecule has 264 valence electrons. The minimum absolute atomic E-state index is 0.0946. The highest BCUT2D eigenvalue weighted by molar-refractivity contribution is 6.39. The molecule has 2 aromatic heterocycles. The van der Waals surface area contributed by atoms with Gasteiger partial charge in [0, 0.05) is 78.9 Å². The number of nitrogens with one attached hydrogen (secondary N) is 3. The van der Waals surface area contributed by atoms with Crippen LogP contribution in [0.25, 0.3) is 33.6 Å². The average molecular weight is 729 g/mol. The van der Waals surface area contributed by atoms with Gasteiger partial charge in [0.1, 0.15) is 5.69 Å². The fourth-order valence-corrected chi connectivity index (χ4v) is 8.69. The molecule has 5 heterocycles. The van der Waals surface area contributed by atoms with Gasteiger partial charge in [0.05, 0.1) is 47.4 Å². The maximum Gasteiger partial charge on any atom is 0.237 e. The maximum atomic E-state index is 11.8. The molecule has 51 heavy (non-hydrogen) atoms. The van der Waals surface area contributed by atoms with Crippen LogP contribution < -0.4 is 25.4 Å². The molecule has 4 aliphatic rings. The van der Waals surface area contributed by atoms with E-state index in [0.29, 0.717) is 59.0 Å². The smallest absolute Gasteiger partial charge is 0.237 e. The van der Waals surface area contributed by atoms with Gasteiger partial charge < -0.3 is 25.4 Å². The molecule has 3 saturated heterocycles. The first-order chi connectivity index (χ1) is 24.7. The molecule has 3 N–H and O–H groups in total. The molecule has 2 amide bonds. The zero-order chi connectivity index (χ0) is 35.3. The van der Waals surface area contributed by atoms with Gasteiger partial charge in [-0.1, -0.05) is 59.6 Å². The number of carbonyl (C=O) groups is 2. The highest BCUT2D eigenvalue weighted by Crippen LogP contribution is 2.44.